The maximum atomic E-state index is 13.5. The van der Waals surface area contributed by atoms with Gasteiger partial charge in [-0.3, -0.25) is 4.79 Å². The largest absolute Gasteiger partial charge is 0.365 e. The van der Waals surface area contributed by atoms with E-state index < -0.39 is 0 Å². The van der Waals surface area contributed by atoms with E-state index in [9.17, 15) is 4.79 Å². The Morgan fingerprint density at radius 1 is 1.03 bits per heavy atom. The van der Waals surface area contributed by atoms with E-state index >= 15 is 0 Å². The van der Waals surface area contributed by atoms with Gasteiger partial charge >= 0.3 is 0 Å². The van der Waals surface area contributed by atoms with E-state index in [-0.39, 0.29) is 24.0 Å². The number of hydrogen-bond donors (Lipinski definition) is 1. The van der Waals surface area contributed by atoms with E-state index in [0.29, 0.717) is 23.1 Å². The molecule has 1 aliphatic heterocycles. The predicted octanol–water partition coefficient (Wildman–Crippen LogP) is 5.16. The summed E-state index contributed by atoms with van der Waals surface area (Å²) >= 11 is 12.3. The fourth-order valence-corrected chi connectivity index (χ4v) is 4.35. The van der Waals surface area contributed by atoms with Crippen LogP contribution in [0.4, 0.5) is 11.4 Å². The molecule has 0 saturated carbocycles. The third kappa shape index (κ3) is 4.88. The van der Waals surface area contributed by atoms with Crippen LogP contribution in [0, 0.1) is 0 Å². The number of amides is 1. The van der Waals surface area contributed by atoms with Gasteiger partial charge in [-0.2, -0.15) is 0 Å². The molecule has 1 unspecified atom stereocenters. The summed E-state index contributed by atoms with van der Waals surface area (Å²) in [6, 6.07) is 13.8. The Kier molecular flexibility index (Phi) is 7.10. The van der Waals surface area contributed by atoms with Crippen LogP contribution in [0.2, 0.25) is 10.0 Å². The highest BCUT2D eigenvalue weighted by Gasteiger charge is 2.35. The van der Waals surface area contributed by atoms with Crippen molar-refractivity contribution in [2.45, 2.75) is 52.2 Å². The van der Waals surface area contributed by atoms with Gasteiger partial charge in [-0.1, -0.05) is 41.4 Å². The molecule has 1 N–H and O–H groups in total. The van der Waals surface area contributed by atoms with E-state index in [0.717, 1.165) is 23.4 Å². The number of fused-ring (bicyclic) bond motifs is 1. The number of benzene rings is 2. The van der Waals surface area contributed by atoms with E-state index in [1.165, 1.54) is 0 Å². The molecule has 6 heteroatoms. The summed E-state index contributed by atoms with van der Waals surface area (Å²) < 4.78 is 0. The van der Waals surface area contributed by atoms with Crippen molar-refractivity contribution in [3.63, 3.8) is 0 Å². The summed E-state index contributed by atoms with van der Waals surface area (Å²) in [5.74, 6) is 0.109. The van der Waals surface area contributed by atoms with Crippen LogP contribution in [0.15, 0.2) is 42.5 Å². The van der Waals surface area contributed by atoms with Crippen molar-refractivity contribution in [2.75, 3.05) is 22.9 Å². The second-order valence-electron chi connectivity index (χ2n) is 8.03. The summed E-state index contributed by atoms with van der Waals surface area (Å²) in [4.78, 5) is 17.7. The lowest BCUT2D eigenvalue weighted by Crippen LogP contribution is -2.53. The smallest absolute Gasteiger partial charge is 0.246 e. The molecular weight excluding hydrogens is 405 g/mol. The van der Waals surface area contributed by atoms with Gasteiger partial charge in [0.2, 0.25) is 5.91 Å². The maximum absolute atomic E-state index is 13.5. The monoisotopic (exact) mass is 433 g/mol. The summed E-state index contributed by atoms with van der Waals surface area (Å²) in [6.45, 7) is 9.74. The molecule has 0 aromatic heterocycles. The zero-order chi connectivity index (χ0) is 21.1. The normalized spacial score (nSPS) is 17.1. The van der Waals surface area contributed by atoms with Crippen LogP contribution in [-0.4, -0.2) is 37.1 Å². The number of halogens is 2. The number of nitrogens with zero attached hydrogens (tertiary/aromatic N) is 2. The molecule has 1 amide bonds. The molecule has 2 aromatic carbocycles. The predicted molar refractivity (Wildman–Crippen MR) is 124 cm³/mol. The van der Waals surface area contributed by atoms with Crippen molar-refractivity contribution < 1.29 is 4.79 Å². The average molecular weight is 434 g/mol. The van der Waals surface area contributed by atoms with Gasteiger partial charge in [0.25, 0.3) is 0 Å². The van der Waals surface area contributed by atoms with Crippen molar-refractivity contribution in [1.82, 2.24) is 5.32 Å². The Balaban J connectivity index is 1.82. The molecular formula is C23H29Cl2N3O. The van der Waals surface area contributed by atoms with Crippen LogP contribution >= 0.6 is 23.2 Å². The van der Waals surface area contributed by atoms with E-state index in [2.05, 4.69) is 44.0 Å². The zero-order valence-corrected chi connectivity index (χ0v) is 19.0. The second-order valence-corrected chi connectivity index (χ2v) is 8.87. The number of anilines is 2. The fraction of sp³-hybridized carbons (Fsp3) is 0.435. The van der Waals surface area contributed by atoms with Crippen LogP contribution in [0.3, 0.4) is 0 Å². The molecule has 29 heavy (non-hydrogen) atoms. The minimum atomic E-state index is -0.293. The topological polar surface area (TPSA) is 35.6 Å². The molecule has 156 valence electrons. The molecule has 0 spiro atoms. The number of nitrogens with one attached hydrogen (secondary N) is 1. The summed E-state index contributed by atoms with van der Waals surface area (Å²) in [6.07, 6.45) is 0.732. The Labute approximate surface area is 183 Å². The van der Waals surface area contributed by atoms with Crippen molar-refractivity contribution in [2.24, 2.45) is 0 Å². The number of carbonyl (C=O) groups is 1. The number of carbonyl (C=O) groups excluding carboxylic acids is 1. The van der Waals surface area contributed by atoms with Gasteiger partial charge in [0.1, 0.15) is 6.04 Å². The lowest BCUT2D eigenvalue weighted by atomic mass is 10.1. The van der Waals surface area contributed by atoms with E-state index in [1.807, 2.05) is 35.2 Å². The third-order valence-electron chi connectivity index (χ3n) is 5.31. The highest BCUT2D eigenvalue weighted by molar-refractivity contribution is 6.35. The average Bonchev–Trinajstić information content (AvgIpc) is 2.78. The third-order valence-corrected chi connectivity index (χ3v) is 5.89. The van der Waals surface area contributed by atoms with Crippen molar-refractivity contribution in [3.8, 4) is 0 Å². The lowest BCUT2D eigenvalue weighted by Gasteiger charge is -2.31. The molecule has 4 nitrogen and oxygen atoms in total. The van der Waals surface area contributed by atoms with Crippen molar-refractivity contribution in [1.29, 1.82) is 0 Å². The van der Waals surface area contributed by atoms with Gasteiger partial charge < -0.3 is 15.1 Å². The summed E-state index contributed by atoms with van der Waals surface area (Å²) in [5.41, 5.74) is 3.11. The molecule has 0 aliphatic carbocycles. The van der Waals surface area contributed by atoms with Gasteiger partial charge in [-0.05, 0) is 63.9 Å². The van der Waals surface area contributed by atoms with Gasteiger partial charge in [-0.25, -0.2) is 0 Å². The molecule has 1 atom stereocenters. The maximum Gasteiger partial charge on any atom is 0.246 e. The minimum absolute atomic E-state index is 0.0748. The van der Waals surface area contributed by atoms with E-state index in [1.54, 1.807) is 6.07 Å². The standard InChI is InChI=1S/C23H29Cl2N3O/c1-15(2)27-14-20(26-12-11-17-9-10-18(24)13-19(17)25)23(29)28(16(3)4)22-8-6-5-7-21(22)27/h5-10,13,15-16,20,26H,11-12,14H2,1-4H3. The molecule has 1 aliphatic rings. The highest BCUT2D eigenvalue weighted by atomic mass is 35.5. The highest BCUT2D eigenvalue weighted by Crippen LogP contribution is 2.35. The number of para-hydroxylation sites is 2. The first-order valence-corrected chi connectivity index (χ1v) is 10.9. The lowest BCUT2D eigenvalue weighted by molar-refractivity contribution is -0.120. The van der Waals surface area contributed by atoms with Crippen LogP contribution in [0.25, 0.3) is 0 Å². The van der Waals surface area contributed by atoms with Crippen molar-refractivity contribution >= 4 is 40.5 Å². The fourth-order valence-electron chi connectivity index (χ4n) is 3.85. The SMILES string of the molecule is CC(C)N1CC(NCCc2ccc(Cl)cc2Cl)C(=O)N(C(C)C)c2ccccc21. The molecule has 0 bridgehead atoms. The number of hydrogen-bond acceptors (Lipinski definition) is 3. The second kappa shape index (κ2) is 9.38. The number of rotatable bonds is 6. The molecule has 3 rings (SSSR count). The van der Waals surface area contributed by atoms with Crippen LogP contribution in [0.1, 0.15) is 33.3 Å². The van der Waals surface area contributed by atoms with Crippen LogP contribution < -0.4 is 15.1 Å². The molecule has 0 fully saturated rings. The minimum Gasteiger partial charge on any atom is -0.365 e. The zero-order valence-electron chi connectivity index (χ0n) is 17.5. The first kappa shape index (κ1) is 21.9. The van der Waals surface area contributed by atoms with E-state index in [4.69, 9.17) is 23.2 Å². The Morgan fingerprint density at radius 3 is 2.34 bits per heavy atom. The summed E-state index contributed by atoms with van der Waals surface area (Å²) in [7, 11) is 0. The van der Waals surface area contributed by atoms with Gasteiger partial charge in [-0.15, -0.1) is 0 Å². The van der Waals surface area contributed by atoms with Crippen molar-refractivity contribution in [3.05, 3.63) is 58.1 Å². The molecule has 0 radical (unpaired) electrons. The molecule has 2 aromatic rings. The first-order chi connectivity index (χ1) is 13.8. The quantitative estimate of drug-likeness (QED) is 0.682. The summed E-state index contributed by atoms with van der Waals surface area (Å²) in [5, 5.41) is 4.77. The van der Waals surface area contributed by atoms with Gasteiger partial charge in [0.05, 0.1) is 11.4 Å². The Bertz CT molecular complexity index is 869. The molecule has 0 saturated heterocycles. The Morgan fingerprint density at radius 2 is 1.72 bits per heavy atom. The van der Waals surface area contributed by atoms with Crippen LogP contribution in [-0.2, 0) is 11.2 Å². The van der Waals surface area contributed by atoms with Gasteiger partial charge in [0, 0.05) is 35.2 Å². The Hall–Kier alpha value is -1.75. The molecule has 1 heterocycles. The van der Waals surface area contributed by atoms with Crippen LogP contribution in [0.5, 0.6) is 0 Å². The first-order valence-electron chi connectivity index (χ1n) is 10.2. The van der Waals surface area contributed by atoms with Gasteiger partial charge in [0.15, 0.2) is 0 Å².